The fraction of sp³-hybridized carbons (Fsp3) is 0.375. The minimum Gasteiger partial charge on any atom is -0.334 e. The Morgan fingerprint density at radius 2 is 1.81 bits per heavy atom. The molecule has 0 fully saturated rings. The molecule has 2 N–H and O–H groups in total. The molecule has 2 aromatic rings. The molecule has 0 spiro atoms. The van der Waals surface area contributed by atoms with E-state index in [-0.39, 0.29) is 6.03 Å². The highest BCUT2D eigenvalue weighted by molar-refractivity contribution is 5.73. The van der Waals surface area contributed by atoms with Crippen LogP contribution in [0.15, 0.2) is 30.3 Å². The van der Waals surface area contributed by atoms with Crippen LogP contribution in [0.25, 0.3) is 0 Å². The topological polar surface area (TPSA) is 59.0 Å². The molecule has 0 saturated heterocycles. The molecule has 0 atom stereocenters. The highest BCUT2D eigenvalue weighted by Gasteiger charge is 2.11. The molecule has 0 aliphatic heterocycles. The third-order valence-electron chi connectivity index (χ3n) is 3.55. The van der Waals surface area contributed by atoms with Crippen molar-refractivity contribution in [2.24, 2.45) is 0 Å². The lowest BCUT2D eigenvalue weighted by atomic mass is 10.2. The predicted octanol–water partition coefficient (Wildman–Crippen LogP) is 2.52. The molecular weight excluding hydrogens is 264 g/mol. The van der Waals surface area contributed by atoms with Crippen LogP contribution in [0.4, 0.5) is 4.79 Å². The standard InChI is InChI=1S/C16H22N4O/c1-4-20-13(3)15(12(2)19-20)11-18-16(21)17-10-14-8-6-5-7-9-14/h5-9H,4,10-11H2,1-3H3,(H2,17,18,21). The number of carbonyl (C=O) groups excluding carboxylic acids is 1. The second kappa shape index (κ2) is 6.92. The van der Waals surface area contributed by atoms with Crippen molar-refractivity contribution in [1.82, 2.24) is 20.4 Å². The van der Waals surface area contributed by atoms with E-state index in [9.17, 15) is 4.79 Å². The van der Waals surface area contributed by atoms with E-state index in [4.69, 9.17) is 0 Å². The molecule has 0 aliphatic carbocycles. The van der Waals surface area contributed by atoms with Crippen LogP contribution >= 0.6 is 0 Å². The van der Waals surface area contributed by atoms with E-state index in [1.54, 1.807) is 0 Å². The highest BCUT2D eigenvalue weighted by atomic mass is 16.2. The SMILES string of the molecule is CCn1nc(C)c(CNC(=O)NCc2ccccc2)c1C. The molecule has 1 heterocycles. The largest absolute Gasteiger partial charge is 0.334 e. The lowest BCUT2D eigenvalue weighted by Gasteiger charge is -2.08. The minimum absolute atomic E-state index is 0.165. The maximum absolute atomic E-state index is 11.8. The van der Waals surface area contributed by atoms with Crippen LogP contribution in [0.2, 0.25) is 0 Å². The first-order chi connectivity index (χ1) is 10.1. The van der Waals surface area contributed by atoms with Crippen LogP contribution in [0.5, 0.6) is 0 Å². The van der Waals surface area contributed by atoms with Crippen LogP contribution in [0.1, 0.15) is 29.4 Å². The molecule has 0 unspecified atom stereocenters. The average Bonchev–Trinajstić information content (AvgIpc) is 2.78. The van der Waals surface area contributed by atoms with Gasteiger partial charge in [-0.15, -0.1) is 0 Å². The fourth-order valence-electron chi connectivity index (χ4n) is 2.31. The molecule has 0 saturated carbocycles. The summed E-state index contributed by atoms with van der Waals surface area (Å²) < 4.78 is 1.95. The zero-order valence-electron chi connectivity index (χ0n) is 12.8. The van der Waals surface area contributed by atoms with E-state index in [0.717, 1.165) is 29.1 Å². The molecule has 0 radical (unpaired) electrons. The molecule has 1 aromatic heterocycles. The van der Waals surface area contributed by atoms with E-state index in [1.807, 2.05) is 48.9 Å². The summed E-state index contributed by atoms with van der Waals surface area (Å²) in [7, 11) is 0. The summed E-state index contributed by atoms with van der Waals surface area (Å²) in [4.78, 5) is 11.8. The third kappa shape index (κ3) is 3.84. The van der Waals surface area contributed by atoms with Crippen molar-refractivity contribution >= 4 is 6.03 Å². The molecule has 2 amide bonds. The fourth-order valence-corrected chi connectivity index (χ4v) is 2.31. The first-order valence-electron chi connectivity index (χ1n) is 7.20. The summed E-state index contributed by atoms with van der Waals surface area (Å²) in [6.07, 6.45) is 0. The van der Waals surface area contributed by atoms with Crippen molar-refractivity contribution < 1.29 is 4.79 Å². The zero-order chi connectivity index (χ0) is 15.2. The molecule has 1 aromatic carbocycles. The summed E-state index contributed by atoms with van der Waals surface area (Å²) in [5.41, 5.74) is 4.25. The Labute approximate surface area is 125 Å². The number of benzene rings is 1. The van der Waals surface area contributed by atoms with Gasteiger partial charge in [0.15, 0.2) is 0 Å². The number of carbonyl (C=O) groups is 1. The Hall–Kier alpha value is -2.30. The number of urea groups is 1. The second-order valence-corrected chi connectivity index (χ2v) is 4.99. The van der Waals surface area contributed by atoms with Gasteiger partial charge in [-0.05, 0) is 26.3 Å². The van der Waals surface area contributed by atoms with Crippen molar-refractivity contribution in [3.63, 3.8) is 0 Å². The summed E-state index contributed by atoms with van der Waals surface area (Å²) in [6.45, 7) is 7.92. The quantitative estimate of drug-likeness (QED) is 0.887. The molecule has 112 valence electrons. The van der Waals surface area contributed by atoms with Gasteiger partial charge in [0.2, 0.25) is 0 Å². The van der Waals surface area contributed by atoms with Gasteiger partial charge in [0.1, 0.15) is 0 Å². The Kier molecular flexibility index (Phi) is 4.98. The van der Waals surface area contributed by atoms with E-state index < -0.39 is 0 Å². The lowest BCUT2D eigenvalue weighted by molar-refractivity contribution is 0.240. The van der Waals surface area contributed by atoms with E-state index >= 15 is 0 Å². The van der Waals surface area contributed by atoms with Crippen LogP contribution in [-0.2, 0) is 19.6 Å². The van der Waals surface area contributed by atoms with Gasteiger partial charge in [-0.1, -0.05) is 30.3 Å². The van der Waals surface area contributed by atoms with Crippen LogP contribution < -0.4 is 10.6 Å². The zero-order valence-corrected chi connectivity index (χ0v) is 12.8. The summed E-state index contributed by atoms with van der Waals surface area (Å²) in [5, 5.41) is 10.2. The number of nitrogens with zero attached hydrogens (tertiary/aromatic N) is 2. The van der Waals surface area contributed by atoms with Gasteiger partial charge in [0.05, 0.1) is 5.69 Å². The van der Waals surface area contributed by atoms with Gasteiger partial charge in [-0.2, -0.15) is 5.10 Å². The highest BCUT2D eigenvalue weighted by Crippen LogP contribution is 2.12. The number of rotatable bonds is 5. The van der Waals surface area contributed by atoms with Crippen LogP contribution in [0.3, 0.4) is 0 Å². The number of nitrogens with one attached hydrogen (secondary N) is 2. The van der Waals surface area contributed by atoms with Gasteiger partial charge in [-0.25, -0.2) is 4.79 Å². The predicted molar refractivity (Wildman–Crippen MR) is 82.9 cm³/mol. The number of hydrogen-bond acceptors (Lipinski definition) is 2. The maximum atomic E-state index is 11.8. The normalized spacial score (nSPS) is 10.4. The summed E-state index contributed by atoms with van der Waals surface area (Å²) in [5.74, 6) is 0. The number of aryl methyl sites for hydroxylation is 2. The van der Waals surface area contributed by atoms with Gasteiger partial charge in [0.25, 0.3) is 0 Å². The van der Waals surface area contributed by atoms with E-state index in [1.165, 1.54) is 0 Å². The Morgan fingerprint density at radius 3 is 2.43 bits per heavy atom. The lowest BCUT2D eigenvalue weighted by Crippen LogP contribution is -2.34. The molecular formula is C16H22N4O. The number of hydrogen-bond donors (Lipinski definition) is 2. The monoisotopic (exact) mass is 286 g/mol. The minimum atomic E-state index is -0.165. The molecule has 5 nitrogen and oxygen atoms in total. The van der Waals surface area contributed by atoms with E-state index in [2.05, 4.69) is 22.7 Å². The van der Waals surface area contributed by atoms with Crippen molar-refractivity contribution in [3.05, 3.63) is 52.8 Å². The molecule has 21 heavy (non-hydrogen) atoms. The van der Waals surface area contributed by atoms with Crippen molar-refractivity contribution in [2.45, 2.75) is 40.4 Å². The molecule has 2 rings (SSSR count). The van der Waals surface area contributed by atoms with Gasteiger partial charge in [-0.3, -0.25) is 4.68 Å². The van der Waals surface area contributed by atoms with Gasteiger partial charge in [0, 0.05) is 30.9 Å². The van der Waals surface area contributed by atoms with Crippen molar-refractivity contribution in [2.75, 3.05) is 0 Å². The van der Waals surface area contributed by atoms with Crippen LogP contribution in [-0.4, -0.2) is 15.8 Å². The first kappa shape index (κ1) is 15.1. The van der Waals surface area contributed by atoms with E-state index in [0.29, 0.717) is 13.1 Å². The first-order valence-corrected chi connectivity index (χ1v) is 7.20. The number of aromatic nitrogens is 2. The van der Waals surface area contributed by atoms with Crippen molar-refractivity contribution in [3.8, 4) is 0 Å². The number of amides is 2. The molecule has 5 heteroatoms. The third-order valence-corrected chi connectivity index (χ3v) is 3.55. The van der Waals surface area contributed by atoms with Gasteiger partial charge >= 0.3 is 6.03 Å². The Morgan fingerprint density at radius 1 is 1.14 bits per heavy atom. The van der Waals surface area contributed by atoms with Gasteiger partial charge < -0.3 is 10.6 Å². The molecule has 0 aliphatic rings. The average molecular weight is 286 g/mol. The molecule has 0 bridgehead atoms. The summed E-state index contributed by atoms with van der Waals surface area (Å²) in [6, 6.07) is 9.68. The second-order valence-electron chi connectivity index (χ2n) is 4.99. The maximum Gasteiger partial charge on any atom is 0.315 e. The van der Waals surface area contributed by atoms with Crippen molar-refractivity contribution in [1.29, 1.82) is 0 Å². The Balaban J connectivity index is 1.85. The van der Waals surface area contributed by atoms with Crippen LogP contribution in [0, 0.1) is 13.8 Å². The Bertz CT molecular complexity index is 604. The smallest absolute Gasteiger partial charge is 0.315 e. The summed E-state index contributed by atoms with van der Waals surface area (Å²) >= 11 is 0.